The Kier molecular flexibility index (Phi) is 4.81. The van der Waals surface area contributed by atoms with E-state index in [9.17, 15) is 9.59 Å². The van der Waals surface area contributed by atoms with Gasteiger partial charge in [-0.25, -0.2) is 4.98 Å². The number of hydrogen-bond acceptors (Lipinski definition) is 5. The third kappa shape index (κ3) is 3.84. The molecule has 1 aromatic rings. The number of ether oxygens (including phenoxy) is 1. The first kappa shape index (κ1) is 17.8. The fourth-order valence-electron chi connectivity index (χ4n) is 3.18. The molecule has 0 radical (unpaired) electrons. The number of H-pyrrole nitrogens is 1. The maximum absolute atomic E-state index is 12.8. The topological polar surface area (TPSA) is 91.4 Å². The van der Waals surface area contributed by atoms with E-state index in [1.165, 1.54) is 0 Å². The summed E-state index contributed by atoms with van der Waals surface area (Å²) in [7, 11) is 1.78. The highest BCUT2D eigenvalue weighted by Gasteiger charge is 2.35. The van der Waals surface area contributed by atoms with Crippen LogP contribution in [0.25, 0.3) is 0 Å². The predicted molar refractivity (Wildman–Crippen MR) is 90.7 cm³/mol. The van der Waals surface area contributed by atoms with Gasteiger partial charge in [0, 0.05) is 37.9 Å². The first-order valence-electron chi connectivity index (χ1n) is 8.83. The van der Waals surface area contributed by atoms with Crippen LogP contribution in [0.2, 0.25) is 0 Å². The van der Waals surface area contributed by atoms with E-state index in [1.54, 1.807) is 16.8 Å². The molecule has 0 aliphatic carbocycles. The average molecular weight is 349 g/mol. The van der Waals surface area contributed by atoms with Gasteiger partial charge in [0.05, 0.1) is 13.2 Å². The lowest BCUT2D eigenvalue weighted by molar-refractivity contribution is -0.149. The molecule has 2 atom stereocenters. The number of aromatic nitrogens is 3. The molecule has 2 aliphatic heterocycles. The van der Waals surface area contributed by atoms with Gasteiger partial charge in [0.15, 0.2) is 11.6 Å². The summed E-state index contributed by atoms with van der Waals surface area (Å²) in [5.41, 5.74) is -0.145. The number of carbonyl (C=O) groups is 2. The van der Waals surface area contributed by atoms with E-state index in [4.69, 9.17) is 4.74 Å². The third-order valence-electron chi connectivity index (χ3n) is 4.87. The number of carbonyl (C=O) groups excluding carboxylic acids is 2. The number of morpholine rings is 1. The molecule has 0 bridgehead atoms. The number of hydrogen-bond donors (Lipinski definition) is 1. The number of nitrogens with zero attached hydrogens (tertiary/aromatic N) is 4. The summed E-state index contributed by atoms with van der Waals surface area (Å²) in [6, 6.07) is 0. The van der Waals surface area contributed by atoms with Crippen LogP contribution in [0.3, 0.4) is 0 Å². The van der Waals surface area contributed by atoms with E-state index >= 15 is 0 Å². The van der Waals surface area contributed by atoms with Gasteiger partial charge in [0.1, 0.15) is 6.10 Å². The Morgan fingerprint density at radius 2 is 2.08 bits per heavy atom. The Labute approximate surface area is 147 Å². The summed E-state index contributed by atoms with van der Waals surface area (Å²) in [5, 5.41) is 7.22. The first-order chi connectivity index (χ1) is 11.8. The molecule has 2 amide bonds. The second-order valence-electron chi connectivity index (χ2n) is 7.94. The van der Waals surface area contributed by atoms with E-state index in [1.807, 2.05) is 0 Å². The van der Waals surface area contributed by atoms with Crippen LogP contribution >= 0.6 is 0 Å². The minimum atomic E-state index is -0.303. The van der Waals surface area contributed by atoms with Crippen molar-refractivity contribution < 1.29 is 14.3 Å². The molecular weight excluding hydrogens is 322 g/mol. The van der Waals surface area contributed by atoms with Crippen LogP contribution < -0.4 is 0 Å². The summed E-state index contributed by atoms with van der Waals surface area (Å²) < 4.78 is 5.79. The summed E-state index contributed by atoms with van der Waals surface area (Å²) in [6.45, 7) is 8.24. The molecule has 25 heavy (non-hydrogen) atoms. The van der Waals surface area contributed by atoms with Crippen LogP contribution in [-0.2, 0) is 19.7 Å². The SMILES string of the molecule is CN1CCC(C(=O)N2CCOC(c3nc(C(C)(C)C)n[nH]3)C2)CC1=O. The monoisotopic (exact) mass is 349 g/mol. The van der Waals surface area contributed by atoms with Crippen LogP contribution in [0, 0.1) is 5.92 Å². The van der Waals surface area contributed by atoms with Crippen molar-refractivity contribution in [2.45, 2.75) is 45.1 Å². The number of nitrogens with one attached hydrogen (secondary N) is 1. The van der Waals surface area contributed by atoms with Gasteiger partial charge in [-0.2, -0.15) is 5.10 Å². The Bertz CT molecular complexity index is 651. The Hall–Kier alpha value is -1.96. The van der Waals surface area contributed by atoms with Gasteiger partial charge >= 0.3 is 0 Å². The zero-order chi connectivity index (χ0) is 18.2. The Morgan fingerprint density at radius 1 is 1.32 bits per heavy atom. The molecule has 0 spiro atoms. The second-order valence-corrected chi connectivity index (χ2v) is 7.94. The van der Waals surface area contributed by atoms with Crippen LogP contribution in [0.4, 0.5) is 0 Å². The van der Waals surface area contributed by atoms with Crippen LogP contribution in [0.15, 0.2) is 0 Å². The summed E-state index contributed by atoms with van der Waals surface area (Å²) in [6.07, 6.45) is 0.719. The lowest BCUT2D eigenvalue weighted by atomic mass is 9.94. The third-order valence-corrected chi connectivity index (χ3v) is 4.87. The molecule has 0 saturated carbocycles. The van der Waals surface area contributed by atoms with E-state index in [-0.39, 0.29) is 29.3 Å². The molecule has 8 nitrogen and oxygen atoms in total. The van der Waals surface area contributed by atoms with Crippen LogP contribution in [-0.4, -0.2) is 70.1 Å². The van der Waals surface area contributed by atoms with Crippen molar-refractivity contribution in [3.8, 4) is 0 Å². The van der Waals surface area contributed by atoms with E-state index in [0.29, 0.717) is 38.5 Å². The molecule has 8 heteroatoms. The van der Waals surface area contributed by atoms with Gasteiger partial charge in [0.25, 0.3) is 0 Å². The lowest BCUT2D eigenvalue weighted by Gasteiger charge is -2.36. The summed E-state index contributed by atoms with van der Waals surface area (Å²) >= 11 is 0. The molecule has 3 rings (SSSR count). The molecule has 1 aromatic heterocycles. The fourth-order valence-corrected chi connectivity index (χ4v) is 3.18. The molecule has 3 heterocycles. The number of likely N-dealkylation sites (tertiary alicyclic amines) is 1. The summed E-state index contributed by atoms with van der Waals surface area (Å²) in [4.78, 5) is 32.7. The molecule has 138 valence electrons. The minimum absolute atomic E-state index is 0.0412. The Balaban J connectivity index is 1.66. The second kappa shape index (κ2) is 6.74. The highest BCUT2D eigenvalue weighted by Crippen LogP contribution is 2.26. The van der Waals surface area contributed by atoms with Crippen molar-refractivity contribution >= 4 is 11.8 Å². The zero-order valence-electron chi connectivity index (χ0n) is 15.4. The van der Waals surface area contributed by atoms with Gasteiger partial charge in [-0.1, -0.05) is 20.8 Å². The van der Waals surface area contributed by atoms with Gasteiger partial charge in [0.2, 0.25) is 11.8 Å². The van der Waals surface area contributed by atoms with Crippen molar-refractivity contribution in [1.29, 1.82) is 0 Å². The molecule has 2 unspecified atom stereocenters. The fraction of sp³-hybridized carbons (Fsp3) is 0.765. The molecule has 0 aromatic carbocycles. The molecule has 1 N–H and O–H groups in total. The standard InChI is InChI=1S/C17H27N5O3/c1-17(2,3)16-18-14(19-20-16)12-10-22(7-8-25-12)15(24)11-5-6-21(4)13(23)9-11/h11-12H,5-10H2,1-4H3,(H,18,19,20). The van der Waals surface area contributed by atoms with Crippen molar-refractivity contribution in [2.24, 2.45) is 5.92 Å². The van der Waals surface area contributed by atoms with Gasteiger partial charge in [-0.05, 0) is 6.42 Å². The van der Waals surface area contributed by atoms with Gasteiger partial charge in [-0.15, -0.1) is 0 Å². The highest BCUT2D eigenvalue weighted by molar-refractivity contribution is 5.87. The highest BCUT2D eigenvalue weighted by atomic mass is 16.5. The van der Waals surface area contributed by atoms with Crippen LogP contribution in [0.1, 0.15) is 51.4 Å². The van der Waals surface area contributed by atoms with Crippen molar-refractivity contribution in [3.63, 3.8) is 0 Å². The molecular formula is C17H27N5O3. The minimum Gasteiger partial charge on any atom is -0.367 e. The molecule has 2 saturated heterocycles. The average Bonchev–Trinajstić information content (AvgIpc) is 3.07. The Morgan fingerprint density at radius 3 is 2.72 bits per heavy atom. The van der Waals surface area contributed by atoms with Crippen molar-refractivity contribution in [3.05, 3.63) is 11.6 Å². The van der Waals surface area contributed by atoms with Crippen molar-refractivity contribution in [1.82, 2.24) is 25.0 Å². The molecule has 2 fully saturated rings. The first-order valence-corrected chi connectivity index (χ1v) is 8.83. The molecule has 2 aliphatic rings. The van der Waals surface area contributed by atoms with E-state index in [2.05, 4.69) is 36.0 Å². The van der Waals surface area contributed by atoms with Gasteiger partial charge < -0.3 is 14.5 Å². The van der Waals surface area contributed by atoms with Crippen molar-refractivity contribution in [2.75, 3.05) is 33.3 Å². The lowest BCUT2D eigenvalue weighted by Crippen LogP contribution is -2.48. The van der Waals surface area contributed by atoms with Gasteiger partial charge in [-0.3, -0.25) is 14.7 Å². The van der Waals surface area contributed by atoms with E-state index in [0.717, 1.165) is 12.2 Å². The number of aromatic amines is 1. The quantitative estimate of drug-likeness (QED) is 0.855. The number of amides is 2. The largest absolute Gasteiger partial charge is 0.367 e. The maximum atomic E-state index is 12.8. The zero-order valence-corrected chi connectivity index (χ0v) is 15.4. The maximum Gasteiger partial charge on any atom is 0.226 e. The smallest absolute Gasteiger partial charge is 0.226 e. The number of piperidine rings is 1. The van der Waals surface area contributed by atoms with Crippen LogP contribution in [0.5, 0.6) is 0 Å². The normalized spacial score (nSPS) is 25.4. The predicted octanol–water partition coefficient (Wildman–Crippen LogP) is 0.871. The van der Waals surface area contributed by atoms with E-state index < -0.39 is 0 Å². The summed E-state index contributed by atoms with van der Waals surface area (Å²) in [5.74, 6) is 1.25. The number of rotatable bonds is 2.